The number of urea groups is 1. The van der Waals surface area contributed by atoms with E-state index in [4.69, 9.17) is 4.74 Å². The van der Waals surface area contributed by atoms with E-state index in [1.54, 1.807) is 0 Å². The van der Waals surface area contributed by atoms with Crippen LogP contribution in [0.15, 0.2) is 48.5 Å². The molecule has 22 heavy (non-hydrogen) atoms. The zero-order valence-corrected chi connectivity index (χ0v) is 14.6. The Hall–Kier alpha value is -1.76. The third-order valence-electron chi connectivity index (χ3n) is 3.04. The molecule has 0 saturated heterocycles. The summed E-state index contributed by atoms with van der Waals surface area (Å²) in [5, 5.41) is 5.41. The molecule has 0 unspecified atom stereocenters. The number of benzene rings is 2. The number of amides is 2. The molecule has 0 spiro atoms. The lowest BCUT2D eigenvalue weighted by Gasteiger charge is -2.10. The molecule has 2 N–H and O–H groups in total. The molecule has 0 saturated carbocycles. The highest BCUT2D eigenvalue weighted by Crippen LogP contribution is 2.13. The third-order valence-corrected chi connectivity index (χ3v) is 3.75. The largest absolute Gasteiger partial charge is 0.473 e. The smallest absolute Gasteiger partial charge is 0.321 e. The average Bonchev–Trinajstić information content (AvgIpc) is 2.52. The molecule has 4 nitrogen and oxygen atoms in total. The highest BCUT2D eigenvalue weighted by atomic mass is 127. The predicted molar refractivity (Wildman–Crippen MR) is 97.2 cm³/mol. The van der Waals surface area contributed by atoms with Gasteiger partial charge in [-0.1, -0.05) is 25.5 Å². The summed E-state index contributed by atoms with van der Waals surface area (Å²) in [6.45, 7) is 2.28. The number of rotatable bonds is 6. The Morgan fingerprint density at radius 2 is 1.77 bits per heavy atom. The number of anilines is 1. The van der Waals surface area contributed by atoms with Gasteiger partial charge in [0.25, 0.3) is 0 Å². The van der Waals surface area contributed by atoms with E-state index in [1.165, 1.54) is 5.56 Å². The number of aryl methyl sites for hydroxylation is 1. The molecule has 2 amide bonds. The molecule has 0 aromatic heterocycles. The van der Waals surface area contributed by atoms with E-state index in [0.717, 1.165) is 27.8 Å². The Bertz CT molecular complexity index is 597. The highest BCUT2D eigenvalue weighted by molar-refractivity contribution is 14.1. The van der Waals surface area contributed by atoms with Crippen molar-refractivity contribution in [2.24, 2.45) is 0 Å². The van der Waals surface area contributed by atoms with Crippen LogP contribution >= 0.6 is 22.6 Å². The van der Waals surface area contributed by atoms with Crippen LogP contribution in [0.2, 0.25) is 0 Å². The first kappa shape index (κ1) is 16.6. The summed E-state index contributed by atoms with van der Waals surface area (Å²) in [5.41, 5.74) is 2.04. The van der Waals surface area contributed by atoms with Gasteiger partial charge in [-0.25, -0.2) is 4.79 Å². The van der Waals surface area contributed by atoms with Crippen molar-refractivity contribution in [3.05, 3.63) is 57.7 Å². The zero-order valence-electron chi connectivity index (χ0n) is 12.4. The molecule has 5 heteroatoms. The number of ether oxygens (including phenoxy) is 1. The maximum absolute atomic E-state index is 11.7. The predicted octanol–water partition coefficient (Wildman–Crippen LogP) is 4.40. The summed E-state index contributed by atoms with van der Waals surface area (Å²) in [4.78, 5) is 11.7. The number of carbonyl (C=O) groups excluding carboxylic acids is 1. The van der Waals surface area contributed by atoms with E-state index in [-0.39, 0.29) is 12.8 Å². The molecule has 0 atom stereocenters. The minimum Gasteiger partial charge on any atom is -0.473 e. The maximum atomic E-state index is 11.7. The number of halogens is 1. The summed E-state index contributed by atoms with van der Waals surface area (Å²) >= 11 is 2.22. The first-order valence-electron chi connectivity index (χ1n) is 7.19. The van der Waals surface area contributed by atoms with Crippen molar-refractivity contribution < 1.29 is 9.53 Å². The van der Waals surface area contributed by atoms with Gasteiger partial charge in [0.15, 0.2) is 6.73 Å². The second-order valence-corrected chi connectivity index (χ2v) is 6.07. The minimum atomic E-state index is -0.288. The van der Waals surface area contributed by atoms with Crippen LogP contribution in [0.3, 0.4) is 0 Å². The Balaban J connectivity index is 1.73. The summed E-state index contributed by atoms with van der Waals surface area (Å²) < 4.78 is 6.62. The van der Waals surface area contributed by atoms with Crippen molar-refractivity contribution in [1.29, 1.82) is 0 Å². The topological polar surface area (TPSA) is 50.4 Å². The summed E-state index contributed by atoms with van der Waals surface area (Å²) in [6.07, 6.45) is 2.19. The lowest BCUT2D eigenvalue weighted by Crippen LogP contribution is -2.31. The van der Waals surface area contributed by atoms with Gasteiger partial charge in [0, 0.05) is 9.26 Å². The Morgan fingerprint density at radius 1 is 1.09 bits per heavy atom. The van der Waals surface area contributed by atoms with Gasteiger partial charge >= 0.3 is 6.03 Å². The Morgan fingerprint density at radius 3 is 2.41 bits per heavy atom. The van der Waals surface area contributed by atoms with Gasteiger partial charge in [0.05, 0.1) is 0 Å². The van der Waals surface area contributed by atoms with Gasteiger partial charge in [-0.05, 0) is 71.0 Å². The van der Waals surface area contributed by atoms with E-state index < -0.39 is 0 Å². The van der Waals surface area contributed by atoms with Gasteiger partial charge in [0.2, 0.25) is 0 Å². The quantitative estimate of drug-likeness (QED) is 0.548. The van der Waals surface area contributed by atoms with Crippen LogP contribution in [0.1, 0.15) is 18.9 Å². The van der Waals surface area contributed by atoms with E-state index in [1.807, 2.05) is 48.5 Å². The van der Waals surface area contributed by atoms with Crippen LogP contribution in [-0.4, -0.2) is 12.8 Å². The summed E-state index contributed by atoms with van der Waals surface area (Å²) in [6, 6.07) is 15.2. The molecule has 0 fully saturated rings. The van der Waals surface area contributed by atoms with Crippen molar-refractivity contribution >= 4 is 34.3 Å². The maximum Gasteiger partial charge on any atom is 0.321 e. The SMILES string of the molecule is CCCc1ccc(OCNC(=O)Nc2ccc(I)cc2)cc1. The Labute approximate surface area is 144 Å². The molecule has 0 bridgehead atoms. The van der Waals surface area contributed by atoms with E-state index in [9.17, 15) is 4.79 Å². The fourth-order valence-corrected chi connectivity index (χ4v) is 2.29. The minimum absolute atomic E-state index is 0.128. The number of nitrogens with one attached hydrogen (secondary N) is 2. The first-order chi connectivity index (χ1) is 10.7. The molecule has 0 aliphatic rings. The standard InChI is InChI=1S/C17H19IN2O2/c1-2-3-13-4-10-16(11-5-13)22-12-19-17(21)20-15-8-6-14(18)7-9-15/h4-11H,2-3,12H2,1H3,(H2,19,20,21). The summed E-state index contributed by atoms with van der Waals surface area (Å²) in [5.74, 6) is 0.745. The fraction of sp³-hybridized carbons (Fsp3) is 0.235. The van der Waals surface area contributed by atoms with Crippen molar-refractivity contribution in [2.75, 3.05) is 12.0 Å². The molecule has 2 rings (SSSR count). The van der Waals surface area contributed by atoms with Crippen molar-refractivity contribution in [1.82, 2.24) is 5.32 Å². The van der Waals surface area contributed by atoms with E-state index in [0.29, 0.717) is 0 Å². The van der Waals surface area contributed by atoms with E-state index >= 15 is 0 Å². The van der Waals surface area contributed by atoms with E-state index in [2.05, 4.69) is 40.1 Å². The van der Waals surface area contributed by atoms with Gasteiger partial charge < -0.3 is 15.4 Å². The molecule has 0 radical (unpaired) electrons. The monoisotopic (exact) mass is 410 g/mol. The normalized spacial score (nSPS) is 10.1. The third kappa shape index (κ3) is 5.55. The lowest BCUT2D eigenvalue weighted by molar-refractivity contribution is 0.234. The van der Waals surface area contributed by atoms with Gasteiger partial charge in [-0.15, -0.1) is 0 Å². The van der Waals surface area contributed by atoms with Gasteiger partial charge in [-0.2, -0.15) is 0 Å². The van der Waals surface area contributed by atoms with Crippen LogP contribution in [0.4, 0.5) is 10.5 Å². The molecule has 0 heterocycles. The average molecular weight is 410 g/mol. The molecule has 2 aromatic carbocycles. The van der Waals surface area contributed by atoms with Crippen molar-refractivity contribution in [3.63, 3.8) is 0 Å². The number of hydrogen-bond acceptors (Lipinski definition) is 2. The van der Waals surface area contributed by atoms with Crippen LogP contribution in [0.5, 0.6) is 5.75 Å². The number of hydrogen-bond donors (Lipinski definition) is 2. The fourth-order valence-electron chi connectivity index (χ4n) is 1.93. The Kier molecular flexibility index (Phi) is 6.51. The first-order valence-corrected chi connectivity index (χ1v) is 8.27. The summed E-state index contributed by atoms with van der Waals surface area (Å²) in [7, 11) is 0. The van der Waals surface area contributed by atoms with Crippen molar-refractivity contribution in [2.45, 2.75) is 19.8 Å². The van der Waals surface area contributed by atoms with Crippen LogP contribution < -0.4 is 15.4 Å². The van der Waals surface area contributed by atoms with Gasteiger partial charge in [0.1, 0.15) is 5.75 Å². The van der Waals surface area contributed by atoms with Crippen LogP contribution in [0.25, 0.3) is 0 Å². The second-order valence-electron chi connectivity index (χ2n) is 4.82. The number of carbonyl (C=O) groups is 1. The second kappa shape index (κ2) is 8.63. The molecular weight excluding hydrogens is 391 g/mol. The molecule has 116 valence electrons. The molecule has 0 aliphatic carbocycles. The zero-order chi connectivity index (χ0) is 15.8. The molecule has 2 aromatic rings. The van der Waals surface area contributed by atoms with Crippen LogP contribution in [-0.2, 0) is 6.42 Å². The molecule has 0 aliphatic heterocycles. The highest BCUT2D eigenvalue weighted by Gasteiger charge is 2.01. The lowest BCUT2D eigenvalue weighted by atomic mass is 10.1. The van der Waals surface area contributed by atoms with Gasteiger partial charge in [-0.3, -0.25) is 0 Å². The van der Waals surface area contributed by atoms with Crippen LogP contribution in [0, 0.1) is 3.57 Å². The van der Waals surface area contributed by atoms with Crippen molar-refractivity contribution in [3.8, 4) is 5.75 Å². The molecular formula is C17H19IN2O2.